The normalized spacial score (nSPS) is 9.71. The molecule has 0 bridgehead atoms. The van der Waals surface area contributed by atoms with Crippen molar-refractivity contribution in [3.8, 4) is 12.3 Å². The quantitative estimate of drug-likeness (QED) is 0.520. The highest BCUT2D eigenvalue weighted by molar-refractivity contribution is 7.99. The lowest BCUT2D eigenvalue weighted by atomic mass is 10.1. The molecule has 0 aliphatic rings. The Balaban J connectivity index is 2.47. The largest absolute Gasteiger partial charge is 0.126 e. The molecule has 0 aliphatic heterocycles. The summed E-state index contributed by atoms with van der Waals surface area (Å²) in [6.07, 6.45) is 8.27. The molecule has 0 unspecified atom stereocenters. The van der Waals surface area contributed by atoms with Gasteiger partial charge in [-0.05, 0) is 36.3 Å². The summed E-state index contributed by atoms with van der Waals surface area (Å²) >= 11 is 1.91. The maximum Gasteiger partial charge on any atom is 0.0127 e. The molecule has 0 heterocycles. The summed E-state index contributed by atoms with van der Waals surface area (Å²) in [6, 6.07) is 8.73. The second kappa shape index (κ2) is 6.56. The van der Waals surface area contributed by atoms with Gasteiger partial charge in [0.2, 0.25) is 0 Å². The van der Waals surface area contributed by atoms with E-state index in [1.54, 1.807) is 0 Å². The van der Waals surface area contributed by atoms with Crippen molar-refractivity contribution in [2.24, 2.45) is 0 Å². The number of hydrogen-bond acceptors (Lipinski definition) is 1. The van der Waals surface area contributed by atoms with E-state index in [9.17, 15) is 0 Å². The summed E-state index contributed by atoms with van der Waals surface area (Å²) < 4.78 is 0. The second-order valence-electron chi connectivity index (χ2n) is 3.20. The predicted molar refractivity (Wildman–Crippen MR) is 64.6 cm³/mol. The Bertz CT molecular complexity index is 292. The van der Waals surface area contributed by atoms with Crippen molar-refractivity contribution in [3.63, 3.8) is 0 Å². The van der Waals surface area contributed by atoms with Gasteiger partial charge in [0.05, 0.1) is 0 Å². The Kier molecular flexibility index (Phi) is 5.25. The summed E-state index contributed by atoms with van der Waals surface area (Å²) in [6.45, 7) is 2.20. The van der Waals surface area contributed by atoms with Crippen LogP contribution in [0.25, 0.3) is 0 Å². The Morgan fingerprint density at radius 1 is 1.29 bits per heavy atom. The molecule has 0 saturated carbocycles. The summed E-state index contributed by atoms with van der Waals surface area (Å²) in [5.41, 5.74) is 1.34. The zero-order valence-electron chi connectivity index (χ0n) is 8.62. The summed E-state index contributed by atoms with van der Waals surface area (Å²) in [5, 5.41) is 0. The van der Waals surface area contributed by atoms with E-state index in [0.29, 0.717) is 0 Å². The molecule has 1 heteroatoms. The molecular formula is C13H16S. The lowest BCUT2D eigenvalue weighted by Crippen LogP contribution is -1.83. The number of terminal acetylenes is 1. The Hall–Kier alpha value is -0.870. The van der Waals surface area contributed by atoms with Crippen molar-refractivity contribution in [1.82, 2.24) is 0 Å². The molecule has 0 amide bonds. The second-order valence-corrected chi connectivity index (χ2v) is 4.36. The van der Waals surface area contributed by atoms with Gasteiger partial charge in [0, 0.05) is 11.3 Å². The topological polar surface area (TPSA) is 0 Å². The van der Waals surface area contributed by atoms with E-state index in [1.807, 2.05) is 11.8 Å². The van der Waals surface area contributed by atoms with Crippen LogP contribution < -0.4 is 0 Å². The van der Waals surface area contributed by atoms with E-state index in [0.717, 1.165) is 12.8 Å². The van der Waals surface area contributed by atoms with Crippen LogP contribution in [-0.2, 0) is 6.42 Å². The highest BCUT2D eigenvalue weighted by atomic mass is 32.2. The Labute approximate surface area is 91.1 Å². The van der Waals surface area contributed by atoms with Crippen LogP contribution >= 0.6 is 11.8 Å². The minimum atomic E-state index is 0.835. The molecule has 0 fully saturated rings. The molecule has 0 spiro atoms. The number of rotatable bonds is 5. The number of benzene rings is 1. The van der Waals surface area contributed by atoms with Gasteiger partial charge in [-0.2, -0.15) is 0 Å². The lowest BCUT2D eigenvalue weighted by Gasteiger charge is -2.01. The minimum absolute atomic E-state index is 0.835. The van der Waals surface area contributed by atoms with E-state index in [2.05, 4.69) is 37.1 Å². The first kappa shape index (κ1) is 11.2. The van der Waals surface area contributed by atoms with Crippen LogP contribution in [0.5, 0.6) is 0 Å². The summed E-state index contributed by atoms with van der Waals surface area (Å²) in [5.74, 6) is 3.86. The molecule has 0 nitrogen and oxygen atoms in total. The molecule has 0 atom stereocenters. The van der Waals surface area contributed by atoms with Gasteiger partial charge in [-0.15, -0.1) is 24.1 Å². The number of hydrogen-bond donors (Lipinski definition) is 0. The molecular weight excluding hydrogens is 188 g/mol. The van der Waals surface area contributed by atoms with Crippen molar-refractivity contribution in [2.75, 3.05) is 5.75 Å². The average molecular weight is 204 g/mol. The summed E-state index contributed by atoms with van der Waals surface area (Å²) in [4.78, 5) is 1.36. The van der Waals surface area contributed by atoms with Gasteiger partial charge in [-0.3, -0.25) is 0 Å². The van der Waals surface area contributed by atoms with Crippen molar-refractivity contribution >= 4 is 11.8 Å². The predicted octanol–water partition coefficient (Wildman–Crippen LogP) is 3.75. The zero-order chi connectivity index (χ0) is 10.2. The molecule has 74 valence electrons. The maximum atomic E-state index is 5.22. The van der Waals surface area contributed by atoms with Gasteiger partial charge in [-0.1, -0.05) is 19.1 Å². The van der Waals surface area contributed by atoms with E-state index < -0.39 is 0 Å². The fraction of sp³-hybridized carbons (Fsp3) is 0.385. The molecule has 1 rings (SSSR count). The Morgan fingerprint density at radius 3 is 2.57 bits per heavy atom. The third-order valence-electron chi connectivity index (χ3n) is 1.95. The van der Waals surface area contributed by atoms with Gasteiger partial charge >= 0.3 is 0 Å². The third kappa shape index (κ3) is 3.89. The van der Waals surface area contributed by atoms with E-state index >= 15 is 0 Å². The van der Waals surface area contributed by atoms with Crippen molar-refractivity contribution < 1.29 is 0 Å². The maximum absolute atomic E-state index is 5.22. The van der Waals surface area contributed by atoms with Crippen molar-refractivity contribution in [3.05, 3.63) is 29.8 Å². The van der Waals surface area contributed by atoms with Gasteiger partial charge in [-0.25, -0.2) is 0 Å². The highest BCUT2D eigenvalue weighted by Crippen LogP contribution is 2.19. The first-order chi connectivity index (χ1) is 6.86. The average Bonchev–Trinajstić information content (AvgIpc) is 2.25. The zero-order valence-corrected chi connectivity index (χ0v) is 9.44. The molecule has 14 heavy (non-hydrogen) atoms. The first-order valence-corrected chi connectivity index (χ1v) is 6.00. The minimum Gasteiger partial charge on any atom is -0.126 e. The van der Waals surface area contributed by atoms with E-state index in [4.69, 9.17) is 6.42 Å². The monoisotopic (exact) mass is 204 g/mol. The third-order valence-corrected chi connectivity index (χ3v) is 3.17. The molecule has 0 aromatic heterocycles. The molecule has 0 saturated heterocycles. The van der Waals surface area contributed by atoms with Crippen LogP contribution in [0.1, 0.15) is 25.3 Å². The molecule has 0 radical (unpaired) electrons. The van der Waals surface area contributed by atoms with Crippen LogP contribution in [0.15, 0.2) is 29.2 Å². The lowest BCUT2D eigenvalue weighted by molar-refractivity contribution is 1.02. The Morgan fingerprint density at radius 2 is 2.00 bits per heavy atom. The van der Waals surface area contributed by atoms with Gasteiger partial charge in [0.25, 0.3) is 0 Å². The summed E-state index contributed by atoms with van der Waals surface area (Å²) in [7, 11) is 0. The highest BCUT2D eigenvalue weighted by Gasteiger charge is 1.94. The van der Waals surface area contributed by atoms with E-state index in [1.165, 1.54) is 22.6 Å². The van der Waals surface area contributed by atoms with Crippen molar-refractivity contribution in [2.45, 2.75) is 31.1 Å². The first-order valence-electron chi connectivity index (χ1n) is 5.02. The standard InChI is InChI=1S/C13H16S/c1-3-5-6-12-7-9-13(10-8-12)14-11-4-2/h1,7-10H,4-6,11H2,2H3. The number of aryl methyl sites for hydroxylation is 1. The smallest absolute Gasteiger partial charge is 0.0127 e. The molecule has 1 aromatic rings. The van der Waals surface area contributed by atoms with Gasteiger partial charge in [0.15, 0.2) is 0 Å². The van der Waals surface area contributed by atoms with Crippen LogP contribution in [0, 0.1) is 12.3 Å². The fourth-order valence-electron chi connectivity index (χ4n) is 1.19. The van der Waals surface area contributed by atoms with Crippen LogP contribution in [0.2, 0.25) is 0 Å². The molecule has 0 N–H and O–H groups in total. The van der Waals surface area contributed by atoms with Crippen LogP contribution in [0.3, 0.4) is 0 Å². The number of thioether (sulfide) groups is 1. The van der Waals surface area contributed by atoms with Gasteiger partial charge in [0.1, 0.15) is 0 Å². The SMILES string of the molecule is C#CCCc1ccc(SCCC)cc1. The van der Waals surface area contributed by atoms with Crippen LogP contribution in [0.4, 0.5) is 0 Å². The van der Waals surface area contributed by atoms with Crippen LogP contribution in [-0.4, -0.2) is 5.75 Å². The van der Waals surface area contributed by atoms with E-state index in [-0.39, 0.29) is 0 Å². The molecule has 1 aromatic carbocycles. The molecule has 0 aliphatic carbocycles. The fourth-order valence-corrected chi connectivity index (χ4v) is 1.96. The van der Waals surface area contributed by atoms with Gasteiger partial charge < -0.3 is 0 Å². The van der Waals surface area contributed by atoms with Crippen molar-refractivity contribution in [1.29, 1.82) is 0 Å².